The van der Waals surface area contributed by atoms with Crippen LogP contribution in [0.25, 0.3) is 0 Å². The lowest BCUT2D eigenvalue weighted by Crippen LogP contribution is -2.45. The van der Waals surface area contributed by atoms with E-state index in [2.05, 4.69) is 10.1 Å². The van der Waals surface area contributed by atoms with Crippen LogP contribution in [0.5, 0.6) is 5.75 Å². The van der Waals surface area contributed by atoms with Crippen LogP contribution in [0, 0.1) is 0 Å². The third-order valence-corrected chi connectivity index (χ3v) is 4.22. The molecule has 1 fully saturated rings. The number of piperazine rings is 1. The van der Waals surface area contributed by atoms with Crippen molar-refractivity contribution in [1.82, 2.24) is 4.90 Å². The third kappa shape index (κ3) is 4.18. The molecule has 0 aromatic heterocycles. The molecule has 7 heteroatoms. The Balaban J connectivity index is 1.59. The monoisotopic (exact) mass is 353 g/mol. The molecule has 0 saturated carbocycles. The van der Waals surface area contributed by atoms with Gasteiger partial charge in [0.05, 0.1) is 5.56 Å². The van der Waals surface area contributed by atoms with Gasteiger partial charge in [0.25, 0.3) is 0 Å². The molecule has 0 radical (unpaired) electrons. The van der Waals surface area contributed by atoms with Gasteiger partial charge in [-0.25, -0.2) is 4.79 Å². The summed E-state index contributed by atoms with van der Waals surface area (Å²) in [6, 6.07) is 13.6. The van der Waals surface area contributed by atoms with Crippen LogP contribution in [0.4, 0.5) is 5.69 Å². The number of anilines is 1. The molecule has 7 nitrogen and oxygen atoms in total. The number of oxime groups is 1. The molecular weight excluding hydrogens is 334 g/mol. The summed E-state index contributed by atoms with van der Waals surface area (Å²) in [5.41, 5.74) is 1.94. The second-order valence-electron chi connectivity index (χ2n) is 5.88. The molecule has 1 heterocycles. The predicted octanol–water partition coefficient (Wildman–Crippen LogP) is 2.26. The minimum absolute atomic E-state index is 0.390. The predicted molar refractivity (Wildman–Crippen MR) is 97.3 cm³/mol. The first-order valence-electron chi connectivity index (χ1n) is 8.23. The van der Waals surface area contributed by atoms with Crippen molar-refractivity contribution in [2.24, 2.45) is 5.16 Å². The van der Waals surface area contributed by atoms with E-state index in [0.29, 0.717) is 16.9 Å². The van der Waals surface area contributed by atoms with Crippen molar-refractivity contribution in [1.29, 1.82) is 0 Å². The maximum absolute atomic E-state index is 12.1. The van der Waals surface area contributed by atoms with Crippen LogP contribution in [0.1, 0.15) is 20.7 Å². The first-order valence-corrected chi connectivity index (χ1v) is 8.23. The Morgan fingerprint density at radius 2 is 1.65 bits per heavy atom. The minimum Gasteiger partial charge on any atom is -0.423 e. The van der Waals surface area contributed by atoms with E-state index in [1.54, 1.807) is 36.4 Å². The number of aldehydes is 1. The molecule has 3 rings (SSSR count). The molecule has 0 spiro atoms. The van der Waals surface area contributed by atoms with Crippen molar-refractivity contribution < 1.29 is 19.5 Å². The second kappa shape index (κ2) is 8.15. The number of carbonyl (C=O) groups is 2. The maximum Gasteiger partial charge on any atom is 0.343 e. The van der Waals surface area contributed by atoms with Crippen molar-refractivity contribution in [3.8, 4) is 5.75 Å². The van der Waals surface area contributed by atoms with Crippen LogP contribution in [0.15, 0.2) is 53.7 Å². The van der Waals surface area contributed by atoms with E-state index in [1.807, 2.05) is 17.0 Å². The highest BCUT2D eigenvalue weighted by molar-refractivity contribution is 5.91. The van der Waals surface area contributed by atoms with Gasteiger partial charge >= 0.3 is 5.97 Å². The van der Waals surface area contributed by atoms with Gasteiger partial charge in [0, 0.05) is 37.4 Å². The lowest BCUT2D eigenvalue weighted by Gasteiger charge is -2.34. The Labute approximate surface area is 151 Å². The quantitative estimate of drug-likeness (QED) is 0.169. The molecule has 2 aromatic carbocycles. The number of hydrogen-bond acceptors (Lipinski definition) is 6. The van der Waals surface area contributed by atoms with E-state index < -0.39 is 5.97 Å². The number of carbonyl (C=O) groups excluding carboxylic acids is 2. The SMILES string of the molecule is O=Cc1ccc(C(=O)Oc2ccc(N3CCN(/C=N\O)CC3)cc2)cc1. The maximum atomic E-state index is 12.1. The Hall–Kier alpha value is -3.35. The molecule has 0 bridgehead atoms. The number of rotatable bonds is 5. The average Bonchev–Trinajstić information content (AvgIpc) is 2.69. The Morgan fingerprint density at radius 1 is 1.00 bits per heavy atom. The van der Waals surface area contributed by atoms with Crippen molar-refractivity contribution in [3.63, 3.8) is 0 Å². The zero-order valence-corrected chi connectivity index (χ0v) is 14.1. The van der Waals surface area contributed by atoms with Crippen LogP contribution in [0.3, 0.4) is 0 Å². The molecule has 1 aliphatic heterocycles. The van der Waals surface area contributed by atoms with Crippen molar-refractivity contribution in [2.75, 3.05) is 31.1 Å². The van der Waals surface area contributed by atoms with Crippen LogP contribution in [-0.4, -0.2) is 54.9 Å². The van der Waals surface area contributed by atoms with Crippen LogP contribution in [0.2, 0.25) is 0 Å². The Kier molecular flexibility index (Phi) is 5.48. The van der Waals surface area contributed by atoms with Crippen LogP contribution < -0.4 is 9.64 Å². The van der Waals surface area contributed by atoms with E-state index in [1.165, 1.54) is 6.34 Å². The molecule has 0 atom stereocenters. The van der Waals surface area contributed by atoms with Gasteiger partial charge in [0.1, 0.15) is 18.4 Å². The number of ether oxygens (including phenoxy) is 1. The number of nitrogens with zero attached hydrogens (tertiary/aromatic N) is 3. The van der Waals surface area contributed by atoms with Gasteiger partial charge in [-0.05, 0) is 36.4 Å². The van der Waals surface area contributed by atoms with Gasteiger partial charge in [-0.15, -0.1) is 0 Å². The third-order valence-electron chi connectivity index (χ3n) is 4.22. The van der Waals surface area contributed by atoms with E-state index in [4.69, 9.17) is 9.94 Å². The molecule has 0 amide bonds. The molecule has 0 unspecified atom stereocenters. The standard InChI is InChI=1S/C19H19N3O4/c23-13-15-1-3-16(4-2-15)19(24)26-18-7-5-17(6-8-18)22-11-9-21(10-12-22)14-20-25/h1-8,13-14,25H,9-12H2/b20-14-. The highest BCUT2D eigenvalue weighted by Crippen LogP contribution is 2.21. The van der Waals surface area contributed by atoms with Crippen LogP contribution >= 0.6 is 0 Å². The summed E-state index contributed by atoms with van der Waals surface area (Å²) < 4.78 is 5.37. The molecule has 134 valence electrons. The fraction of sp³-hybridized carbons (Fsp3) is 0.211. The molecular formula is C19H19N3O4. The molecule has 1 saturated heterocycles. The minimum atomic E-state index is -0.466. The zero-order valence-electron chi connectivity index (χ0n) is 14.1. The molecule has 1 N–H and O–H groups in total. The zero-order chi connectivity index (χ0) is 18.4. The van der Waals surface area contributed by atoms with Gasteiger partial charge < -0.3 is 19.7 Å². The van der Waals surface area contributed by atoms with Crippen molar-refractivity contribution in [2.45, 2.75) is 0 Å². The van der Waals surface area contributed by atoms with Gasteiger partial charge in [-0.1, -0.05) is 17.3 Å². The summed E-state index contributed by atoms with van der Waals surface area (Å²) in [5, 5.41) is 11.6. The molecule has 0 aliphatic carbocycles. The van der Waals surface area contributed by atoms with Gasteiger partial charge in [0.2, 0.25) is 0 Å². The highest BCUT2D eigenvalue weighted by Gasteiger charge is 2.16. The van der Waals surface area contributed by atoms with Crippen LogP contribution in [-0.2, 0) is 0 Å². The highest BCUT2D eigenvalue weighted by atomic mass is 16.5. The fourth-order valence-corrected chi connectivity index (χ4v) is 2.76. The summed E-state index contributed by atoms with van der Waals surface area (Å²) in [5.74, 6) is -0.00336. The first kappa shape index (κ1) is 17.5. The number of hydrogen-bond donors (Lipinski definition) is 1. The first-order chi connectivity index (χ1) is 12.7. The topological polar surface area (TPSA) is 82.4 Å². The lowest BCUT2D eigenvalue weighted by atomic mass is 10.1. The van der Waals surface area contributed by atoms with Crippen molar-refractivity contribution in [3.05, 3.63) is 59.7 Å². The van der Waals surface area contributed by atoms with E-state index in [9.17, 15) is 9.59 Å². The van der Waals surface area contributed by atoms with Gasteiger partial charge in [0.15, 0.2) is 0 Å². The molecule has 26 heavy (non-hydrogen) atoms. The molecule has 2 aromatic rings. The van der Waals surface area contributed by atoms with Gasteiger partial charge in [-0.3, -0.25) is 4.79 Å². The van der Waals surface area contributed by atoms with Gasteiger partial charge in [-0.2, -0.15) is 0 Å². The Bertz CT molecular complexity index is 779. The summed E-state index contributed by atoms with van der Waals surface area (Å²) >= 11 is 0. The number of benzene rings is 2. The Morgan fingerprint density at radius 3 is 2.23 bits per heavy atom. The summed E-state index contributed by atoms with van der Waals surface area (Å²) in [4.78, 5) is 27.0. The average molecular weight is 353 g/mol. The van der Waals surface area contributed by atoms with E-state index in [-0.39, 0.29) is 0 Å². The lowest BCUT2D eigenvalue weighted by molar-refractivity contribution is 0.0734. The largest absolute Gasteiger partial charge is 0.423 e. The summed E-state index contributed by atoms with van der Waals surface area (Å²) in [7, 11) is 0. The van der Waals surface area contributed by atoms with E-state index >= 15 is 0 Å². The number of esters is 1. The summed E-state index contributed by atoms with van der Waals surface area (Å²) in [6.45, 7) is 3.18. The fourth-order valence-electron chi connectivity index (χ4n) is 2.76. The van der Waals surface area contributed by atoms with Crippen molar-refractivity contribution >= 4 is 24.3 Å². The summed E-state index contributed by atoms with van der Waals surface area (Å²) in [6.07, 6.45) is 2.16. The second-order valence-corrected chi connectivity index (χ2v) is 5.88. The normalized spacial score (nSPS) is 14.5. The van der Waals surface area contributed by atoms with E-state index in [0.717, 1.165) is 38.2 Å². The molecule has 1 aliphatic rings. The smallest absolute Gasteiger partial charge is 0.343 e.